The zero-order chi connectivity index (χ0) is 21.9. The van der Waals surface area contributed by atoms with Crippen molar-refractivity contribution in [1.29, 1.82) is 0 Å². The van der Waals surface area contributed by atoms with E-state index in [1.807, 2.05) is 61.5 Å². The molecule has 0 aliphatic rings. The Labute approximate surface area is 181 Å². The predicted octanol–water partition coefficient (Wildman–Crippen LogP) is 2.79. The number of carbonyl (C=O) groups excluding carboxylic acids is 2. The number of rotatable bonds is 11. The number of anilines is 1. The van der Waals surface area contributed by atoms with E-state index in [4.69, 9.17) is 9.47 Å². The lowest BCUT2D eigenvalue weighted by atomic mass is 10.2. The summed E-state index contributed by atoms with van der Waals surface area (Å²) in [6, 6.07) is 17.0. The van der Waals surface area contributed by atoms with Gasteiger partial charge in [0.15, 0.2) is 0 Å². The van der Waals surface area contributed by atoms with Gasteiger partial charge >= 0.3 is 0 Å². The number of hydrogen-bond donors (Lipinski definition) is 2. The van der Waals surface area contributed by atoms with Crippen LogP contribution in [0.15, 0.2) is 67.0 Å². The summed E-state index contributed by atoms with van der Waals surface area (Å²) in [4.78, 5) is 24.1. The third-order valence-electron chi connectivity index (χ3n) is 4.28. The number of carbonyl (C=O) groups is 2. The SMILES string of the molecule is Cc1ccc(OCCNC(=O)Cn2cc(NC(=O)CCOc3ccccc3)cn2)cc1. The van der Waals surface area contributed by atoms with Crippen LogP contribution in [0.3, 0.4) is 0 Å². The monoisotopic (exact) mass is 422 g/mol. The van der Waals surface area contributed by atoms with Crippen LogP contribution in [0.5, 0.6) is 11.5 Å². The van der Waals surface area contributed by atoms with Crippen molar-refractivity contribution in [2.24, 2.45) is 0 Å². The average molecular weight is 422 g/mol. The standard InChI is InChI=1S/C23H26N4O4/c1-18-7-9-21(10-8-18)31-14-12-24-23(29)17-27-16-19(15-25-27)26-22(28)11-13-30-20-5-3-2-4-6-20/h2-10,15-16H,11-14,17H2,1H3,(H,24,29)(H,26,28). The van der Waals surface area contributed by atoms with Gasteiger partial charge in [0.25, 0.3) is 0 Å². The molecule has 1 heterocycles. The van der Waals surface area contributed by atoms with E-state index in [2.05, 4.69) is 15.7 Å². The number of ether oxygens (including phenoxy) is 2. The maximum absolute atomic E-state index is 12.0. The van der Waals surface area contributed by atoms with E-state index in [1.165, 1.54) is 10.9 Å². The van der Waals surface area contributed by atoms with Crippen molar-refractivity contribution in [1.82, 2.24) is 15.1 Å². The molecule has 0 aliphatic carbocycles. The molecule has 0 saturated heterocycles. The highest BCUT2D eigenvalue weighted by Crippen LogP contribution is 2.11. The molecule has 0 spiro atoms. The minimum absolute atomic E-state index is 0.0531. The van der Waals surface area contributed by atoms with Gasteiger partial charge in [-0.25, -0.2) is 0 Å². The summed E-state index contributed by atoms with van der Waals surface area (Å²) in [5.74, 6) is 1.11. The van der Waals surface area contributed by atoms with Crippen LogP contribution in [0.25, 0.3) is 0 Å². The highest BCUT2D eigenvalue weighted by atomic mass is 16.5. The van der Waals surface area contributed by atoms with E-state index in [1.54, 1.807) is 6.20 Å². The van der Waals surface area contributed by atoms with Crippen molar-refractivity contribution in [3.05, 3.63) is 72.6 Å². The molecule has 0 fully saturated rings. The molecule has 162 valence electrons. The Kier molecular flexibility index (Phi) is 8.05. The first-order chi connectivity index (χ1) is 15.1. The van der Waals surface area contributed by atoms with Crippen LogP contribution in [-0.4, -0.2) is 41.4 Å². The molecular formula is C23H26N4O4. The highest BCUT2D eigenvalue weighted by Gasteiger charge is 2.08. The van der Waals surface area contributed by atoms with Gasteiger partial charge in [0.05, 0.1) is 31.5 Å². The second-order valence-electron chi connectivity index (χ2n) is 6.90. The van der Waals surface area contributed by atoms with Gasteiger partial charge in [-0.05, 0) is 31.2 Å². The number of amides is 2. The fourth-order valence-corrected chi connectivity index (χ4v) is 2.71. The number of benzene rings is 2. The molecule has 1 aromatic heterocycles. The fourth-order valence-electron chi connectivity index (χ4n) is 2.71. The second kappa shape index (κ2) is 11.4. The zero-order valence-electron chi connectivity index (χ0n) is 17.4. The van der Waals surface area contributed by atoms with Gasteiger partial charge in [-0.2, -0.15) is 5.10 Å². The Balaban J connectivity index is 1.31. The average Bonchev–Trinajstić information content (AvgIpc) is 3.19. The molecular weight excluding hydrogens is 396 g/mol. The summed E-state index contributed by atoms with van der Waals surface area (Å²) in [6.07, 6.45) is 3.32. The second-order valence-corrected chi connectivity index (χ2v) is 6.90. The topological polar surface area (TPSA) is 94.5 Å². The van der Waals surface area contributed by atoms with Crippen molar-refractivity contribution < 1.29 is 19.1 Å². The molecule has 8 heteroatoms. The Morgan fingerprint density at radius 1 is 0.935 bits per heavy atom. The van der Waals surface area contributed by atoms with Crippen LogP contribution in [0.4, 0.5) is 5.69 Å². The van der Waals surface area contributed by atoms with E-state index in [9.17, 15) is 9.59 Å². The summed E-state index contributed by atoms with van der Waals surface area (Å²) in [5, 5.41) is 9.62. The van der Waals surface area contributed by atoms with Gasteiger partial charge in [0, 0.05) is 6.20 Å². The van der Waals surface area contributed by atoms with Gasteiger partial charge in [0.1, 0.15) is 24.7 Å². The molecule has 3 aromatic rings. The lowest BCUT2D eigenvalue weighted by Crippen LogP contribution is -2.31. The Morgan fingerprint density at radius 3 is 2.42 bits per heavy atom. The van der Waals surface area contributed by atoms with Gasteiger partial charge in [0.2, 0.25) is 11.8 Å². The number of aromatic nitrogens is 2. The predicted molar refractivity (Wildman–Crippen MR) is 117 cm³/mol. The Bertz CT molecular complexity index is 971. The fraction of sp³-hybridized carbons (Fsp3) is 0.261. The first-order valence-corrected chi connectivity index (χ1v) is 10.0. The van der Waals surface area contributed by atoms with Crippen LogP contribution >= 0.6 is 0 Å². The van der Waals surface area contributed by atoms with E-state index in [-0.39, 0.29) is 31.4 Å². The molecule has 0 radical (unpaired) electrons. The lowest BCUT2D eigenvalue weighted by Gasteiger charge is -2.08. The summed E-state index contributed by atoms with van der Waals surface area (Å²) in [6.45, 7) is 3.10. The first kappa shape index (κ1) is 21.9. The zero-order valence-corrected chi connectivity index (χ0v) is 17.4. The van der Waals surface area contributed by atoms with Crippen LogP contribution in [-0.2, 0) is 16.1 Å². The van der Waals surface area contributed by atoms with E-state index in [0.29, 0.717) is 18.8 Å². The number of hydrogen-bond acceptors (Lipinski definition) is 5. The number of nitrogens with one attached hydrogen (secondary N) is 2. The molecule has 0 atom stereocenters. The lowest BCUT2D eigenvalue weighted by molar-refractivity contribution is -0.122. The minimum Gasteiger partial charge on any atom is -0.493 e. The molecule has 8 nitrogen and oxygen atoms in total. The minimum atomic E-state index is -0.190. The number of para-hydroxylation sites is 1. The van der Waals surface area contributed by atoms with Crippen molar-refractivity contribution in [3.63, 3.8) is 0 Å². The van der Waals surface area contributed by atoms with Crippen LogP contribution in [0.1, 0.15) is 12.0 Å². The van der Waals surface area contributed by atoms with Crippen LogP contribution in [0, 0.1) is 6.92 Å². The highest BCUT2D eigenvalue weighted by molar-refractivity contribution is 5.90. The number of aryl methyl sites for hydroxylation is 1. The number of nitrogens with zero attached hydrogens (tertiary/aromatic N) is 2. The van der Waals surface area contributed by atoms with E-state index >= 15 is 0 Å². The molecule has 0 saturated carbocycles. The van der Waals surface area contributed by atoms with Gasteiger partial charge in [-0.3, -0.25) is 14.3 Å². The maximum atomic E-state index is 12.0. The third-order valence-corrected chi connectivity index (χ3v) is 4.28. The summed E-state index contributed by atoms with van der Waals surface area (Å²) in [5.41, 5.74) is 1.69. The molecule has 3 rings (SSSR count). The van der Waals surface area contributed by atoms with Crippen molar-refractivity contribution >= 4 is 17.5 Å². The molecule has 2 amide bonds. The molecule has 0 bridgehead atoms. The largest absolute Gasteiger partial charge is 0.493 e. The van der Waals surface area contributed by atoms with Crippen LogP contribution < -0.4 is 20.1 Å². The van der Waals surface area contributed by atoms with Crippen molar-refractivity contribution in [3.8, 4) is 11.5 Å². The normalized spacial score (nSPS) is 10.4. The molecule has 0 unspecified atom stereocenters. The smallest absolute Gasteiger partial charge is 0.241 e. The van der Waals surface area contributed by atoms with Crippen molar-refractivity contribution in [2.45, 2.75) is 19.9 Å². The van der Waals surface area contributed by atoms with Gasteiger partial charge < -0.3 is 20.1 Å². The summed E-state index contributed by atoms with van der Waals surface area (Å²) >= 11 is 0. The third kappa shape index (κ3) is 7.85. The Morgan fingerprint density at radius 2 is 1.65 bits per heavy atom. The van der Waals surface area contributed by atoms with Crippen LogP contribution in [0.2, 0.25) is 0 Å². The first-order valence-electron chi connectivity index (χ1n) is 10.0. The molecule has 0 aliphatic heterocycles. The van der Waals surface area contributed by atoms with Gasteiger partial charge in [-0.1, -0.05) is 35.9 Å². The molecule has 31 heavy (non-hydrogen) atoms. The maximum Gasteiger partial charge on any atom is 0.241 e. The molecule has 2 N–H and O–H groups in total. The molecule has 2 aromatic carbocycles. The van der Waals surface area contributed by atoms with E-state index in [0.717, 1.165) is 17.1 Å². The summed E-state index contributed by atoms with van der Waals surface area (Å²) < 4.78 is 12.5. The van der Waals surface area contributed by atoms with Gasteiger partial charge in [-0.15, -0.1) is 0 Å². The van der Waals surface area contributed by atoms with E-state index < -0.39 is 0 Å². The van der Waals surface area contributed by atoms with Crippen molar-refractivity contribution in [2.75, 3.05) is 25.1 Å². The quantitative estimate of drug-likeness (QED) is 0.464. The Hall–Kier alpha value is -3.81. The summed E-state index contributed by atoms with van der Waals surface area (Å²) in [7, 11) is 0.